The fourth-order valence-electron chi connectivity index (χ4n) is 4.17. The van der Waals surface area contributed by atoms with Gasteiger partial charge in [0.25, 0.3) is 11.8 Å². The number of imide groups is 1. The molecule has 2 aliphatic heterocycles. The summed E-state index contributed by atoms with van der Waals surface area (Å²) < 4.78 is 5.11. The molecule has 2 heterocycles. The predicted octanol–water partition coefficient (Wildman–Crippen LogP) is 1.29. The van der Waals surface area contributed by atoms with Crippen LogP contribution in [-0.2, 0) is 9.59 Å². The highest BCUT2D eigenvalue weighted by Gasteiger charge is 2.49. The van der Waals surface area contributed by atoms with Crippen LogP contribution < -0.4 is 20.7 Å². The number of piperidine rings is 1. The van der Waals surface area contributed by atoms with Crippen molar-refractivity contribution in [2.75, 3.05) is 20.2 Å². The monoisotopic (exact) mass is 430 g/mol. The lowest BCUT2D eigenvalue weighted by Gasteiger charge is -2.41. The molecule has 3 N–H and O–H groups in total. The minimum Gasteiger partial charge on any atom is -0.497 e. The second-order valence-electron chi connectivity index (χ2n) is 8.66. The number of benzene rings is 1. The lowest BCUT2D eigenvalue weighted by molar-refractivity contribution is -0.138. The zero-order valence-electron chi connectivity index (χ0n) is 18.4. The number of hydrogen-bond acceptors (Lipinski definition) is 5. The third kappa shape index (κ3) is 4.65. The van der Waals surface area contributed by atoms with Crippen molar-refractivity contribution in [3.63, 3.8) is 0 Å². The van der Waals surface area contributed by atoms with E-state index in [2.05, 4.69) is 16.0 Å². The van der Waals surface area contributed by atoms with Crippen LogP contribution in [0, 0.1) is 11.8 Å². The number of carbonyl (C=O) groups is 4. The van der Waals surface area contributed by atoms with Crippen LogP contribution in [0.25, 0.3) is 0 Å². The van der Waals surface area contributed by atoms with Crippen molar-refractivity contribution in [1.82, 2.24) is 20.9 Å². The molecule has 0 radical (unpaired) electrons. The Morgan fingerprint density at radius 3 is 2.45 bits per heavy atom. The van der Waals surface area contributed by atoms with Gasteiger partial charge in [-0.25, -0.2) is 4.79 Å². The zero-order chi connectivity index (χ0) is 22.8. The number of likely N-dealkylation sites (tertiary alicyclic amines) is 1. The van der Waals surface area contributed by atoms with E-state index >= 15 is 0 Å². The van der Waals surface area contributed by atoms with E-state index in [1.807, 2.05) is 13.8 Å². The molecule has 31 heavy (non-hydrogen) atoms. The van der Waals surface area contributed by atoms with E-state index in [0.717, 1.165) is 6.42 Å². The van der Waals surface area contributed by atoms with Gasteiger partial charge in [0, 0.05) is 24.6 Å². The van der Waals surface area contributed by atoms with Crippen molar-refractivity contribution in [1.29, 1.82) is 0 Å². The van der Waals surface area contributed by atoms with Crippen molar-refractivity contribution in [3.8, 4) is 5.75 Å². The molecule has 0 unspecified atom stereocenters. The smallest absolute Gasteiger partial charge is 0.322 e. The fraction of sp³-hybridized carbons (Fsp3) is 0.545. The van der Waals surface area contributed by atoms with E-state index in [-0.39, 0.29) is 29.6 Å². The van der Waals surface area contributed by atoms with Gasteiger partial charge in [-0.1, -0.05) is 13.8 Å². The van der Waals surface area contributed by atoms with Gasteiger partial charge in [-0.05, 0) is 49.9 Å². The fourth-order valence-corrected chi connectivity index (χ4v) is 4.17. The van der Waals surface area contributed by atoms with Crippen molar-refractivity contribution < 1.29 is 23.9 Å². The molecule has 0 spiro atoms. The topological polar surface area (TPSA) is 117 Å². The number of nitrogens with one attached hydrogen (secondary N) is 3. The number of urea groups is 1. The summed E-state index contributed by atoms with van der Waals surface area (Å²) in [5.41, 5.74) is -0.607. The first kappa shape index (κ1) is 22.6. The maximum absolute atomic E-state index is 13.3. The van der Waals surface area contributed by atoms with E-state index < -0.39 is 17.6 Å². The van der Waals surface area contributed by atoms with Crippen LogP contribution in [0.5, 0.6) is 5.75 Å². The van der Waals surface area contributed by atoms with E-state index in [9.17, 15) is 19.2 Å². The molecule has 0 aromatic heterocycles. The van der Waals surface area contributed by atoms with Gasteiger partial charge in [0.1, 0.15) is 17.3 Å². The van der Waals surface area contributed by atoms with Gasteiger partial charge in [-0.3, -0.25) is 19.7 Å². The van der Waals surface area contributed by atoms with Gasteiger partial charge in [0.15, 0.2) is 0 Å². The second kappa shape index (κ2) is 8.95. The van der Waals surface area contributed by atoms with Crippen molar-refractivity contribution in [2.24, 2.45) is 11.8 Å². The van der Waals surface area contributed by atoms with Gasteiger partial charge >= 0.3 is 6.03 Å². The molecule has 0 bridgehead atoms. The highest BCUT2D eigenvalue weighted by molar-refractivity contribution is 6.07. The van der Waals surface area contributed by atoms with Gasteiger partial charge in [-0.15, -0.1) is 0 Å². The number of rotatable bonds is 6. The maximum atomic E-state index is 13.3. The number of nitrogens with zero attached hydrogens (tertiary/aromatic N) is 1. The standard InChI is InChI=1S/C22H30N4O5/c1-13(2)17(23-18(27)14-7-9-16(31-4)10-8-14)19(28)26-11-5-6-15(12-26)22(3)20(29)24-21(30)25-22/h7-10,13,15,17H,5-6,11-12H2,1-4H3,(H,23,27)(H2,24,25,29,30)/t15-,17+,22+/m1/s1. The van der Waals surface area contributed by atoms with Crippen LogP contribution >= 0.6 is 0 Å². The van der Waals surface area contributed by atoms with Crippen LogP contribution in [0.4, 0.5) is 4.79 Å². The Morgan fingerprint density at radius 2 is 1.90 bits per heavy atom. The molecule has 0 aliphatic carbocycles. The van der Waals surface area contributed by atoms with Crippen LogP contribution in [0.3, 0.4) is 0 Å². The number of methoxy groups -OCH3 is 1. The molecule has 3 rings (SSSR count). The van der Waals surface area contributed by atoms with Crippen LogP contribution in [-0.4, -0.2) is 60.4 Å². The normalized spacial score (nSPS) is 24.4. The number of hydrogen-bond donors (Lipinski definition) is 3. The van der Waals surface area contributed by atoms with E-state index in [1.165, 1.54) is 0 Å². The largest absolute Gasteiger partial charge is 0.497 e. The summed E-state index contributed by atoms with van der Waals surface area (Å²) >= 11 is 0. The summed E-state index contributed by atoms with van der Waals surface area (Å²) in [5.74, 6) is -0.580. The number of ether oxygens (including phenoxy) is 1. The van der Waals surface area contributed by atoms with Crippen molar-refractivity contribution >= 4 is 23.8 Å². The molecule has 3 atom stereocenters. The zero-order valence-corrected chi connectivity index (χ0v) is 18.4. The molecule has 0 saturated carbocycles. The van der Waals surface area contributed by atoms with Crippen LogP contribution in [0.1, 0.15) is 44.0 Å². The third-order valence-corrected chi connectivity index (χ3v) is 6.19. The number of carbonyl (C=O) groups excluding carboxylic acids is 4. The van der Waals surface area contributed by atoms with Gasteiger partial charge in [0.05, 0.1) is 7.11 Å². The SMILES string of the molecule is COc1ccc(C(=O)N[C@H](C(=O)N2CCC[C@@H]([C@]3(C)NC(=O)NC3=O)C2)C(C)C)cc1. The molecular formula is C22H30N4O5. The third-order valence-electron chi connectivity index (χ3n) is 6.19. The highest BCUT2D eigenvalue weighted by Crippen LogP contribution is 2.30. The average Bonchev–Trinajstić information content (AvgIpc) is 3.03. The molecule has 9 heteroatoms. The molecule has 1 aromatic rings. The number of amides is 5. The van der Waals surface area contributed by atoms with E-state index in [0.29, 0.717) is 30.8 Å². The molecule has 5 amide bonds. The van der Waals surface area contributed by atoms with E-state index in [4.69, 9.17) is 4.74 Å². The van der Waals surface area contributed by atoms with Crippen LogP contribution in [0.15, 0.2) is 24.3 Å². The first-order valence-corrected chi connectivity index (χ1v) is 10.5. The van der Waals surface area contributed by atoms with Crippen LogP contribution in [0.2, 0.25) is 0 Å². The Kier molecular flexibility index (Phi) is 6.52. The van der Waals surface area contributed by atoms with Gasteiger partial charge in [0.2, 0.25) is 5.91 Å². The minimum absolute atomic E-state index is 0.125. The summed E-state index contributed by atoms with van der Waals surface area (Å²) in [6.45, 7) is 6.33. The molecule has 168 valence electrons. The summed E-state index contributed by atoms with van der Waals surface area (Å²) in [5, 5.41) is 7.85. The molecule has 2 aliphatic rings. The Labute approximate surface area is 181 Å². The molecule has 2 saturated heterocycles. The molecular weight excluding hydrogens is 400 g/mol. The average molecular weight is 431 g/mol. The summed E-state index contributed by atoms with van der Waals surface area (Å²) in [7, 11) is 1.55. The Balaban J connectivity index is 1.71. The maximum Gasteiger partial charge on any atom is 0.322 e. The second-order valence-corrected chi connectivity index (χ2v) is 8.66. The quantitative estimate of drug-likeness (QED) is 0.588. The predicted molar refractivity (Wildman–Crippen MR) is 113 cm³/mol. The minimum atomic E-state index is -1.05. The Bertz CT molecular complexity index is 869. The van der Waals surface area contributed by atoms with Crippen molar-refractivity contribution in [2.45, 2.75) is 45.2 Å². The molecule has 1 aromatic carbocycles. The van der Waals surface area contributed by atoms with Gasteiger partial charge in [-0.2, -0.15) is 0 Å². The van der Waals surface area contributed by atoms with E-state index in [1.54, 1.807) is 43.2 Å². The lowest BCUT2D eigenvalue weighted by Crippen LogP contribution is -2.59. The summed E-state index contributed by atoms with van der Waals surface area (Å²) in [6, 6.07) is 5.47. The molecule has 9 nitrogen and oxygen atoms in total. The Hall–Kier alpha value is -3.10. The lowest BCUT2D eigenvalue weighted by atomic mass is 9.80. The summed E-state index contributed by atoms with van der Waals surface area (Å²) in [6.07, 6.45) is 1.44. The first-order chi connectivity index (χ1) is 14.7. The first-order valence-electron chi connectivity index (χ1n) is 10.5. The summed E-state index contributed by atoms with van der Waals surface area (Å²) in [4.78, 5) is 51.7. The van der Waals surface area contributed by atoms with Crippen molar-refractivity contribution in [3.05, 3.63) is 29.8 Å². The molecule has 2 fully saturated rings. The highest BCUT2D eigenvalue weighted by atomic mass is 16.5. The Morgan fingerprint density at radius 1 is 1.23 bits per heavy atom. The van der Waals surface area contributed by atoms with Gasteiger partial charge < -0.3 is 20.3 Å².